The lowest BCUT2D eigenvalue weighted by Crippen LogP contribution is -2.46. The number of rotatable bonds is 1. The molecule has 1 N–H and O–H groups in total. The Morgan fingerprint density at radius 3 is 2.75 bits per heavy atom. The lowest BCUT2D eigenvalue weighted by molar-refractivity contribution is 0.0694. The largest absolute Gasteiger partial charge is 0.311 e. The maximum absolute atomic E-state index is 12.9. The fraction of sp³-hybridized carbons (Fsp3) is 0.188. The van der Waals surface area contributed by atoms with Gasteiger partial charge in [0, 0.05) is 31.9 Å². The van der Waals surface area contributed by atoms with Crippen molar-refractivity contribution in [3.05, 3.63) is 70.2 Å². The molecule has 0 spiro atoms. The molecule has 1 amide bonds. The molecule has 1 saturated heterocycles. The van der Waals surface area contributed by atoms with Gasteiger partial charge in [0.2, 0.25) is 0 Å². The Kier molecular flexibility index (Phi) is 1.72. The topological polar surface area (TPSA) is 32.3 Å². The third kappa shape index (κ3) is 1.37. The lowest BCUT2D eigenvalue weighted by atomic mass is 9.91. The van der Waals surface area contributed by atoms with E-state index in [0.29, 0.717) is 21.7 Å². The molecule has 2 aliphatic heterocycles. The van der Waals surface area contributed by atoms with E-state index < -0.39 is 24.6 Å². The highest BCUT2D eigenvalue weighted by atomic mass is 35.5. The Balaban J connectivity index is 2.06. The first-order valence-corrected chi connectivity index (χ1v) is 6.59. The number of benzene rings is 2. The van der Waals surface area contributed by atoms with Crippen molar-refractivity contribution in [1.29, 1.82) is 0 Å². The molecule has 0 radical (unpaired) electrons. The van der Waals surface area contributed by atoms with Crippen LogP contribution in [0.5, 0.6) is 0 Å². The first kappa shape index (κ1) is 8.45. The predicted octanol–water partition coefficient (Wildman–Crippen LogP) is 2.60. The highest BCUT2D eigenvalue weighted by Crippen LogP contribution is 2.44. The van der Waals surface area contributed by atoms with Crippen LogP contribution in [-0.2, 0) is 5.66 Å². The number of nitrogens with zero attached hydrogens (tertiary/aromatic N) is 1. The molecule has 4 rings (SSSR count). The van der Waals surface area contributed by atoms with Gasteiger partial charge in [0.1, 0.15) is 5.66 Å². The zero-order valence-electron chi connectivity index (χ0n) is 14.4. The number of fused-ring (bicyclic) bond motifs is 3. The second kappa shape index (κ2) is 4.08. The number of carbonyl (C=O) groups is 1. The summed E-state index contributed by atoms with van der Waals surface area (Å²) in [4.78, 5) is 13.8. The van der Waals surface area contributed by atoms with Gasteiger partial charge >= 0.3 is 0 Å². The Bertz CT molecular complexity index is 855. The van der Waals surface area contributed by atoms with Gasteiger partial charge in [0.25, 0.3) is 5.91 Å². The van der Waals surface area contributed by atoms with Crippen molar-refractivity contribution < 1.29 is 10.3 Å². The molecule has 2 aromatic rings. The van der Waals surface area contributed by atoms with E-state index in [1.807, 2.05) is 0 Å². The molecule has 20 heavy (non-hydrogen) atoms. The monoisotopic (exact) mass is 288 g/mol. The van der Waals surface area contributed by atoms with Gasteiger partial charge in [-0.05, 0) is 23.8 Å². The first-order valence-electron chi connectivity index (χ1n) is 8.21. The van der Waals surface area contributed by atoms with Crippen LogP contribution in [0.25, 0.3) is 0 Å². The van der Waals surface area contributed by atoms with Crippen molar-refractivity contribution in [2.24, 2.45) is 0 Å². The predicted molar refractivity (Wildman–Crippen MR) is 77.7 cm³/mol. The van der Waals surface area contributed by atoms with Crippen molar-refractivity contribution in [3.63, 3.8) is 0 Å². The maximum Gasteiger partial charge on any atom is 0.256 e. The number of amides is 1. The summed E-state index contributed by atoms with van der Waals surface area (Å²) >= 11 is 5.95. The van der Waals surface area contributed by atoms with E-state index in [-0.39, 0.29) is 0 Å². The molecule has 1 unspecified atom stereocenters. The minimum absolute atomic E-state index is 0.360. The fourth-order valence-electron chi connectivity index (χ4n) is 2.86. The molecule has 2 aliphatic rings. The van der Waals surface area contributed by atoms with Crippen LogP contribution in [0, 0.1) is 0 Å². The van der Waals surface area contributed by atoms with E-state index in [9.17, 15) is 4.79 Å². The standard InChI is InChI=1S/C16H13ClN2O/c17-12-7-5-11(6-8-12)16-14-4-2-1-3-13(14)15(20)19(16)10-9-18-16/h1-8,18H,9-10H2/i9D2,10D2. The van der Waals surface area contributed by atoms with Crippen LogP contribution in [0.15, 0.2) is 48.5 Å². The van der Waals surface area contributed by atoms with Crippen molar-refractivity contribution in [2.75, 3.05) is 13.0 Å². The van der Waals surface area contributed by atoms with E-state index in [0.717, 1.165) is 4.90 Å². The normalized spacial score (nSPS) is 31.9. The lowest BCUT2D eigenvalue weighted by Gasteiger charge is -2.33. The molecule has 2 heterocycles. The first-order chi connectivity index (χ1) is 11.2. The molecule has 0 aromatic heterocycles. The summed E-state index contributed by atoms with van der Waals surface area (Å²) in [6.07, 6.45) is 0. The molecule has 0 saturated carbocycles. The number of halogens is 1. The summed E-state index contributed by atoms with van der Waals surface area (Å²) in [5, 5.41) is 3.24. The minimum Gasteiger partial charge on any atom is -0.311 e. The van der Waals surface area contributed by atoms with E-state index in [4.69, 9.17) is 17.1 Å². The number of hydrogen-bond acceptors (Lipinski definition) is 2. The summed E-state index contributed by atoms with van der Waals surface area (Å²) in [5.74, 6) is -0.542. The quantitative estimate of drug-likeness (QED) is 0.875. The minimum atomic E-state index is -2.53. The van der Waals surface area contributed by atoms with Crippen molar-refractivity contribution in [2.45, 2.75) is 5.66 Å². The Morgan fingerprint density at radius 1 is 1.20 bits per heavy atom. The zero-order chi connectivity index (χ0) is 17.3. The van der Waals surface area contributed by atoms with Crippen LogP contribution in [0.2, 0.25) is 5.02 Å². The third-order valence-electron chi connectivity index (χ3n) is 3.76. The number of hydrogen-bond donors (Lipinski definition) is 1. The summed E-state index contributed by atoms with van der Waals surface area (Å²) in [5.41, 5.74) is 0.0305. The van der Waals surface area contributed by atoms with Crippen molar-refractivity contribution in [1.82, 2.24) is 10.2 Å². The smallest absolute Gasteiger partial charge is 0.256 e. The van der Waals surface area contributed by atoms with E-state index in [1.165, 1.54) is 0 Å². The van der Waals surface area contributed by atoms with Gasteiger partial charge < -0.3 is 4.90 Å². The van der Waals surface area contributed by atoms with Crippen molar-refractivity contribution in [3.8, 4) is 0 Å². The van der Waals surface area contributed by atoms with Gasteiger partial charge in [-0.1, -0.05) is 41.9 Å². The van der Waals surface area contributed by atoms with Gasteiger partial charge in [-0.3, -0.25) is 10.1 Å². The highest BCUT2D eigenvalue weighted by Gasteiger charge is 2.53. The highest BCUT2D eigenvalue weighted by molar-refractivity contribution is 6.30. The summed E-state index contributed by atoms with van der Waals surface area (Å²) in [7, 11) is 0. The Hall–Kier alpha value is -1.84. The van der Waals surface area contributed by atoms with Gasteiger partial charge in [-0.25, -0.2) is 0 Å². The van der Waals surface area contributed by atoms with Crippen LogP contribution in [0.3, 0.4) is 0 Å². The maximum atomic E-state index is 12.9. The Labute approximate surface area is 127 Å². The van der Waals surface area contributed by atoms with Crippen LogP contribution in [0.4, 0.5) is 0 Å². The van der Waals surface area contributed by atoms with E-state index in [1.54, 1.807) is 48.5 Å². The summed E-state index contributed by atoms with van der Waals surface area (Å²) in [6.45, 7) is -4.95. The molecule has 100 valence electrons. The second-order valence-electron chi connectivity index (χ2n) is 4.77. The molecular weight excluding hydrogens is 272 g/mol. The van der Waals surface area contributed by atoms with Crippen molar-refractivity contribution >= 4 is 17.5 Å². The molecule has 3 nitrogen and oxygen atoms in total. The van der Waals surface area contributed by atoms with Gasteiger partial charge in [-0.15, -0.1) is 0 Å². The Morgan fingerprint density at radius 2 is 1.95 bits per heavy atom. The van der Waals surface area contributed by atoms with E-state index in [2.05, 4.69) is 5.32 Å². The molecule has 0 aliphatic carbocycles. The molecule has 1 atom stereocenters. The fourth-order valence-corrected chi connectivity index (χ4v) is 2.98. The van der Waals surface area contributed by atoms with Crippen LogP contribution < -0.4 is 5.32 Å². The number of carbonyl (C=O) groups excluding carboxylic acids is 1. The SMILES string of the molecule is [2H]C1([2H])NC2(c3ccc(Cl)cc3)c3ccccc3C(=O)N2C1([2H])[2H]. The molecule has 2 aromatic carbocycles. The molecular formula is C16H13ClN2O. The summed E-state index contributed by atoms with van der Waals surface area (Å²) < 4.78 is 32.7. The third-order valence-corrected chi connectivity index (χ3v) is 4.01. The van der Waals surface area contributed by atoms with Crippen LogP contribution in [-0.4, -0.2) is 23.8 Å². The zero-order valence-corrected chi connectivity index (χ0v) is 11.1. The van der Waals surface area contributed by atoms with Gasteiger partial charge in [0.05, 0.1) is 2.74 Å². The average Bonchev–Trinajstić information content (AvgIpc) is 2.87. The molecule has 1 fully saturated rings. The van der Waals surface area contributed by atoms with Crippen LogP contribution >= 0.6 is 11.6 Å². The average molecular weight is 289 g/mol. The number of nitrogens with one attached hydrogen (secondary N) is 1. The molecule has 0 bridgehead atoms. The van der Waals surface area contributed by atoms with Gasteiger partial charge in [-0.2, -0.15) is 0 Å². The van der Waals surface area contributed by atoms with Gasteiger partial charge in [0.15, 0.2) is 0 Å². The van der Waals surface area contributed by atoms with Crippen LogP contribution in [0.1, 0.15) is 27.0 Å². The van der Waals surface area contributed by atoms with E-state index >= 15 is 0 Å². The summed E-state index contributed by atoms with van der Waals surface area (Å²) in [6, 6.07) is 13.4. The molecule has 4 heteroatoms. The second-order valence-corrected chi connectivity index (χ2v) is 5.20.